The molecule has 228 valence electrons. The average molecular weight is 636 g/mol. The summed E-state index contributed by atoms with van der Waals surface area (Å²) in [6.45, 7) is -1.82. The lowest BCUT2D eigenvalue weighted by molar-refractivity contribution is -0.246. The molecule has 3 unspecified atom stereocenters. The number of hydrogen-bond acceptors (Lipinski definition) is 13. The Morgan fingerprint density at radius 3 is 2.40 bits per heavy atom. The summed E-state index contributed by atoms with van der Waals surface area (Å²) >= 11 is 0. The third-order valence-electron chi connectivity index (χ3n) is 5.85. The molecular formula is C25H22N2O14P2-2. The van der Waals surface area contributed by atoms with Crippen molar-refractivity contribution in [2.45, 2.75) is 31.1 Å². The van der Waals surface area contributed by atoms with Crippen molar-refractivity contribution < 1.29 is 57.1 Å². The Labute approximate surface area is 241 Å². The second-order valence-corrected chi connectivity index (χ2v) is 11.9. The van der Waals surface area contributed by atoms with Gasteiger partial charge in [-0.15, -0.1) is 0 Å². The van der Waals surface area contributed by atoms with Gasteiger partial charge in [0.15, 0.2) is 6.23 Å². The van der Waals surface area contributed by atoms with Crippen LogP contribution in [0, 0.1) is 11.8 Å². The summed E-state index contributed by atoms with van der Waals surface area (Å²) in [5.41, 5.74) is -1.59. The summed E-state index contributed by atoms with van der Waals surface area (Å²) in [6, 6.07) is 13.5. The van der Waals surface area contributed by atoms with Gasteiger partial charge in [0.2, 0.25) is 0 Å². The summed E-state index contributed by atoms with van der Waals surface area (Å²) in [5, 5.41) is 29.8. The molecule has 4 N–H and O–H groups in total. The molecule has 1 aromatic heterocycles. The molecule has 1 aliphatic heterocycles. The van der Waals surface area contributed by atoms with Gasteiger partial charge in [0, 0.05) is 11.8 Å². The standard InChI is InChI=1S/C25H24N2O14P2/c28-20-19(14-39-43(36,37)41-42(34,35)38-13-16-7-4-8-17(11-16)24(31)32)40-23(21(20)29)27-12-18(22(30)26-25(27)33)10-9-15-5-2-1-3-6-15/h1-8,11-12,19-21,23,28-29H,13-14H2,(H,31,32)(H,34,35)(H,36,37)(H,26,30,33)/p-2/t19-,20+,21?,23-/m1/s1. The van der Waals surface area contributed by atoms with Crippen molar-refractivity contribution in [3.63, 3.8) is 0 Å². The summed E-state index contributed by atoms with van der Waals surface area (Å²) in [7, 11) is -11.2. The lowest BCUT2D eigenvalue weighted by Crippen LogP contribution is -2.38. The average Bonchev–Trinajstić information content (AvgIpc) is 3.23. The van der Waals surface area contributed by atoms with Crippen LogP contribution >= 0.6 is 15.6 Å². The van der Waals surface area contributed by atoms with Crippen molar-refractivity contribution in [1.82, 2.24) is 9.55 Å². The molecule has 0 aliphatic carbocycles. The molecule has 16 nitrogen and oxygen atoms in total. The van der Waals surface area contributed by atoms with Crippen molar-refractivity contribution in [1.29, 1.82) is 0 Å². The Bertz CT molecular complexity index is 1760. The number of H-pyrrole nitrogens is 1. The summed E-state index contributed by atoms with van der Waals surface area (Å²) in [4.78, 5) is 61.9. The number of rotatable bonds is 10. The van der Waals surface area contributed by atoms with Gasteiger partial charge >= 0.3 is 11.7 Å². The molecule has 43 heavy (non-hydrogen) atoms. The number of nitrogens with one attached hydrogen (secondary N) is 1. The van der Waals surface area contributed by atoms with Crippen LogP contribution in [0.25, 0.3) is 0 Å². The first-order valence-electron chi connectivity index (χ1n) is 12.1. The molecule has 0 amide bonds. The maximum atomic E-state index is 12.4. The van der Waals surface area contributed by atoms with Crippen molar-refractivity contribution in [3.05, 3.63) is 104 Å². The highest BCUT2D eigenvalue weighted by Crippen LogP contribution is 2.56. The minimum Gasteiger partial charge on any atom is -0.756 e. The number of aromatic amines is 1. The molecule has 0 spiro atoms. The fraction of sp³-hybridized carbons (Fsp3) is 0.240. The van der Waals surface area contributed by atoms with Gasteiger partial charge in [-0.25, -0.2) is 13.9 Å². The number of carboxylic acid groups (broad SMARTS) is 1. The molecule has 1 fully saturated rings. The van der Waals surface area contributed by atoms with Gasteiger partial charge < -0.3 is 38.9 Å². The number of carbonyl (C=O) groups is 1. The predicted octanol–water partition coefficient (Wildman–Crippen LogP) is -0.559. The first-order chi connectivity index (χ1) is 20.2. The van der Waals surface area contributed by atoms with E-state index in [1.165, 1.54) is 18.2 Å². The minimum atomic E-state index is -5.66. The van der Waals surface area contributed by atoms with E-state index in [1.807, 2.05) is 4.98 Å². The number of carboxylic acids is 1. The van der Waals surface area contributed by atoms with Gasteiger partial charge in [-0.1, -0.05) is 42.2 Å². The van der Waals surface area contributed by atoms with Crippen LogP contribution < -0.4 is 21.0 Å². The van der Waals surface area contributed by atoms with Crippen LogP contribution in [0.3, 0.4) is 0 Å². The second-order valence-electron chi connectivity index (χ2n) is 8.92. The zero-order valence-electron chi connectivity index (χ0n) is 21.7. The Morgan fingerprint density at radius 2 is 1.70 bits per heavy atom. The SMILES string of the molecule is O=C(O)c1cccc(COP(=O)([O-])OP(=O)([O-])OC[C@H]2O[C@@H](n3cc(C#Cc4ccccc4)c(=O)[nH]c3=O)C(O)[C@H]2O)c1. The molecular weight excluding hydrogens is 614 g/mol. The van der Waals surface area contributed by atoms with E-state index in [1.54, 1.807) is 30.3 Å². The molecule has 0 bridgehead atoms. The molecule has 0 radical (unpaired) electrons. The summed E-state index contributed by atoms with van der Waals surface area (Å²) < 4.78 is 43.3. The summed E-state index contributed by atoms with van der Waals surface area (Å²) in [6.07, 6.45) is -5.92. The lowest BCUT2D eigenvalue weighted by Gasteiger charge is -2.31. The van der Waals surface area contributed by atoms with Gasteiger partial charge in [-0.05, 0) is 29.8 Å². The number of aromatic nitrogens is 2. The van der Waals surface area contributed by atoms with Crippen LogP contribution in [0.15, 0.2) is 70.4 Å². The molecule has 0 saturated carbocycles. The van der Waals surface area contributed by atoms with Crippen LogP contribution in [0.5, 0.6) is 0 Å². The Morgan fingerprint density at radius 1 is 1.00 bits per heavy atom. The Hall–Kier alpha value is -3.71. The second kappa shape index (κ2) is 13.3. The number of nitrogens with zero attached hydrogens (tertiary/aromatic N) is 1. The monoisotopic (exact) mass is 636 g/mol. The first kappa shape index (κ1) is 32.2. The van der Waals surface area contributed by atoms with Gasteiger partial charge in [0.1, 0.15) is 23.9 Å². The molecule has 2 aromatic carbocycles. The quantitative estimate of drug-likeness (QED) is 0.161. The topological polar surface area (TPSA) is 250 Å². The van der Waals surface area contributed by atoms with E-state index in [2.05, 4.69) is 25.2 Å². The van der Waals surface area contributed by atoms with Crippen LogP contribution in [0.4, 0.5) is 0 Å². The number of aliphatic hydroxyl groups is 2. The molecule has 2 heterocycles. The maximum absolute atomic E-state index is 12.4. The predicted molar refractivity (Wildman–Crippen MR) is 140 cm³/mol. The van der Waals surface area contributed by atoms with Crippen molar-refractivity contribution >= 4 is 21.6 Å². The summed E-state index contributed by atoms with van der Waals surface area (Å²) in [5.74, 6) is 4.03. The van der Waals surface area contributed by atoms with Crippen LogP contribution in [-0.4, -0.2) is 55.8 Å². The smallest absolute Gasteiger partial charge is 0.335 e. The van der Waals surface area contributed by atoms with E-state index < -0.39 is 70.6 Å². The Balaban J connectivity index is 1.40. The van der Waals surface area contributed by atoms with E-state index >= 15 is 0 Å². The normalized spacial score (nSPS) is 22.6. The zero-order chi connectivity index (χ0) is 31.4. The molecule has 18 heteroatoms. The third-order valence-corrected chi connectivity index (χ3v) is 8.37. The van der Waals surface area contributed by atoms with Gasteiger partial charge in [-0.2, -0.15) is 0 Å². The van der Waals surface area contributed by atoms with Gasteiger partial charge in [0.25, 0.3) is 21.2 Å². The van der Waals surface area contributed by atoms with Crippen LogP contribution in [0.2, 0.25) is 0 Å². The minimum absolute atomic E-state index is 0.0791. The number of aliphatic hydroxyl groups excluding tert-OH is 2. The van der Waals surface area contributed by atoms with Gasteiger partial charge in [0.05, 0.1) is 18.8 Å². The van der Waals surface area contributed by atoms with Crippen LogP contribution in [0.1, 0.15) is 33.3 Å². The van der Waals surface area contributed by atoms with E-state index in [0.29, 0.717) is 5.56 Å². The zero-order valence-corrected chi connectivity index (χ0v) is 23.5. The molecule has 6 atom stereocenters. The number of ether oxygens (including phenoxy) is 1. The molecule has 1 saturated heterocycles. The van der Waals surface area contributed by atoms with E-state index in [9.17, 15) is 43.5 Å². The fourth-order valence-corrected chi connectivity index (χ4v) is 5.80. The van der Waals surface area contributed by atoms with Crippen molar-refractivity contribution in [2.24, 2.45) is 0 Å². The highest BCUT2D eigenvalue weighted by molar-refractivity contribution is 7.59. The van der Waals surface area contributed by atoms with E-state index in [-0.39, 0.29) is 16.7 Å². The van der Waals surface area contributed by atoms with Crippen molar-refractivity contribution in [3.8, 4) is 11.8 Å². The van der Waals surface area contributed by atoms with Gasteiger partial charge in [-0.3, -0.25) is 23.5 Å². The number of phosphoric acid groups is 2. The number of aromatic carboxylic acids is 1. The highest BCUT2D eigenvalue weighted by atomic mass is 31.3. The van der Waals surface area contributed by atoms with E-state index in [0.717, 1.165) is 16.8 Å². The first-order valence-corrected chi connectivity index (χ1v) is 15.1. The molecule has 1 aliphatic rings. The van der Waals surface area contributed by atoms with Crippen molar-refractivity contribution in [2.75, 3.05) is 6.61 Å². The third kappa shape index (κ3) is 8.44. The maximum Gasteiger partial charge on any atom is 0.335 e. The largest absolute Gasteiger partial charge is 0.756 e. The number of benzene rings is 2. The Kier molecular flexibility index (Phi) is 9.96. The van der Waals surface area contributed by atoms with E-state index in [4.69, 9.17) is 9.84 Å². The fourth-order valence-electron chi connectivity index (χ4n) is 3.80. The lowest BCUT2D eigenvalue weighted by atomic mass is 10.1. The number of hydrogen-bond donors (Lipinski definition) is 4. The molecule has 3 aromatic rings. The van der Waals surface area contributed by atoms with Crippen LogP contribution in [-0.2, 0) is 33.8 Å². The molecule has 4 rings (SSSR count). The number of phosphoric ester groups is 2. The highest BCUT2D eigenvalue weighted by Gasteiger charge is 2.45.